The van der Waals surface area contributed by atoms with E-state index in [0.29, 0.717) is 58.8 Å². The second-order valence-electron chi connectivity index (χ2n) is 5.09. The Morgan fingerprint density at radius 1 is 1.24 bits per heavy atom. The van der Waals surface area contributed by atoms with Crippen molar-refractivity contribution in [3.8, 4) is 0 Å². The van der Waals surface area contributed by atoms with E-state index in [2.05, 4.69) is 4.72 Å². The summed E-state index contributed by atoms with van der Waals surface area (Å²) in [5.74, 6) is 0. The Balaban J connectivity index is 1.81. The van der Waals surface area contributed by atoms with Crippen molar-refractivity contribution in [3.05, 3.63) is 0 Å². The number of piperidine rings is 1. The summed E-state index contributed by atoms with van der Waals surface area (Å²) in [5.41, 5.74) is 0. The third-order valence-corrected chi connectivity index (χ3v) is 5.32. The number of carbonyl (C=O) groups is 1. The topological polar surface area (TPSA) is 88.2 Å². The molecule has 1 N–H and O–H groups in total. The number of hydrogen-bond acceptors (Lipinski definition) is 5. The third-order valence-electron chi connectivity index (χ3n) is 3.65. The molecule has 2 rings (SSSR count). The minimum absolute atomic E-state index is 0.136. The Bertz CT molecular complexity index is 442. The quantitative estimate of drug-likeness (QED) is 0.773. The number of amides is 1. The minimum Gasteiger partial charge on any atom is -0.450 e. The maximum Gasteiger partial charge on any atom is 0.409 e. The summed E-state index contributed by atoms with van der Waals surface area (Å²) < 4.78 is 38.7. The molecule has 2 aliphatic heterocycles. The molecule has 0 radical (unpaired) electrons. The molecule has 0 bridgehead atoms. The molecule has 2 heterocycles. The standard InChI is InChI=1S/C12H23N3O5S/c1-2-20-12(16)14-5-3-11(4-6-14)13-21(17,18)15-7-9-19-10-8-15/h11,13H,2-10H2,1H3. The van der Waals surface area contributed by atoms with E-state index in [1.807, 2.05) is 0 Å². The fourth-order valence-electron chi connectivity index (χ4n) is 2.47. The molecule has 0 aromatic rings. The molecular weight excluding hydrogens is 298 g/mol. The molecule has 2 aliphatic rings. The Morgan fingerprint density at radius 3 is 2.43 bits per heavy atom. The maximum absolute atomic E-state index is 12.2. The number of nitrogens with zero attached hydrogens (tertiary/aromatic N) is 2. The Morgan fingerprint density at radius 2 is 1.86 bits per heavy atom. The first-order chi connectivity index (χ1) is 10.0. The van der Waals surface area contributed by atoms with Gasteiger partial charge in [0.2, 0.25) is 0 Å². The smallest absolute Gasteiger partial charge is 0.409 e. The fourth-order valence-corrected chi connectivity index (χ4v) is 3.90. The molecule has 2 fully saturated rings. The van der Waals surface area contributed by atoms with Crippen molar-refractivity contribution >= 4 is 16.3 Å². The summed E-state index contributed by atoms with van der Waals surface area (Å²) in [6.45, 7) is 4.77. The van der Waals surface area contributed by atoms with Crippen LogP contribution in [0.15, 0.2) is 0 Å². The molecule has 0 aromatic heterocycles. The highest BCUT2D eigenvalue weighted by Crippen LogP contribution is 2.14. The summed E-state index contributed by atoms with van der Waals surface area (Å²) >= 11 is 0. The molecule has 0 saturated carbocycles. The number of rotatable bonds is 4. The van der Waals surface area contributed by atoms with Crippen LogP contribution in [0.25, 0.3) is 0 Å². The number of ether oxygens (including phenoxy) is 2. The summed E-state index contributed by atoms with van der Waals surface area (Å²) in [4.78, 5) is 13.2. The van der Waals surface area contributed by atoms with Crippen molar-refractivity contribution in [2.45, 2.75) is 25.8 Å². The van der Waals surface area contributed by atoms with E-state index in [1.54, 1.807) is 11.8 Å². The third kappa shape index (κ3) is 4.53. The van der Waals surface area contributed by atoms with E-state index in [0.717, 1.165) is 0 Å². The predicted molar refractivity (Wildman–Crippen MR) is 76.1 cm³/mol. The lowest BCUT2D eigenvalue weighted by Gasteiger charge is -2.33. The van der Waals surface area contributed by atoms with Crippen LogP contribution in [-0.4, -0.2) is 75.8 Å². The minimum atomic E-state index is -3.46. The van der Waals surface area contributed by atoms with Crippen LogP contribution in [0.3, 0.4) is 0 Å². The van der Waals surface area contributed by atoms with Crippen molar-refractivity contribution in [1.29, 1.82) is 0 Å². The predicted octanol–water partition coefficient (Wildman–Crippen LogP) is -0.226. The van der Waals surface area contributed by atoms with Gasteiger partial charge in [0.15, 0.2) is 0 Å². The lowest BCUT2D eigenvalue weighted by Crippen LogP contribution is -2.52. The molecular formula is C12H23N3O5S. The second-order valence-corrected chi connectivity index (χ2v) is 6.80. The first-order valence-corrected chi connectivity index (χ1v) is 8.74. The first kappa shape index (κ1) is 16.5. The highest BCUT2D eigenvalue weighted by atomic mass is 32.2. The highest BCUT2D eigenvalue weighted by Gasteiger charge is 2.30. The number of carbonyl (C=O) groups excluding carboxylic acids is 1. The van der Waals surface area contributed by atoms with E-state index in [-0.39, 0.29) is 12.1 Å². The van der Waals surface area contributed by atoms with Gasteiger partial charge in [-0.25, -0.2) is 4.79 Å². The fraction of sp³-hybridized carbons (Fsp3) is 0.917. The van der Waals surface area contributed by atoms with E-state index >= 15 is 0 Å². The Kier molecular flexibility index (Phi) is 5.80. The van der Waals surface area contributed by atoms with Gasteiger partial charge in [0.25, 0.3) is 10.2 Å². The van der Waals surface area contributed by atoms with Crippen molar-refractivity contribution in [2.24, 2.45) is 0 Å². The molecule has 0 atom stereocenters. The Hall–Kier alpha value is -0.900. The van der Waals surface area contributed by atoms with E-state index in [9.17, 15) is 13.2 Å². The normalized spacial score (nSPS) is 22.2. The van der Waals surface area contributed by atoms with Gasteiger partial charge in [0, 0.05) is 32.2 Å². The van der Waals surface area contributed by atoms with Crippen molar-refractivity contribution < 1.29 is 22.7 Å². The van der Waals surface area contributed by atoms with Crippen LogP contribution >= 0.6 is 0 Å². The molecule has 0 aliphatic carbocycles. The van der Waals surface area contributed by atoms with Gasteiger partial charge >= 0.3 is 6.09 Å². The molecule has 122 valence electrons. The van der Waals surface area contributed by atoms with Crippen LogP contribution < -0.4 is 4.72 Å². The maximum atomic E-state index is 12.2. The summed E-state index contributed by atoms with van der Waals surface area (Å²) in [5, 5.41) is 0. The monoisotopic (exact) mass is 321 g/mol. The average molecular weight is 321 g/mol. The van der Waals surface area contributed by atoms with E-state index in [4.69, 9.17) is 9.47 Å². The molecule has 0 unspecified atom stereocenters. The molecule has 21 heavy (non-hydrogen) atoms. The number of nitrogens with one attached hydrogen (secondary N) is 1. The number of hydrogen-bond donors (Lipinski definition) is 1. The van der Waals surface area contributed by atoms with Crippen LogP contribution in [0.5, 0.6) is 0 Å². The van der Waals surface area contributed by atoms with Gasteiger partial charge in [0.05, 0.1) is 19.8 Å². The van der Waals surface area contributed by atoms with Crippen LogP contribution in [0.1, 0.15) is 19.8 Å². The molecule has 0 aromatic carbocycles. The summed E-state index contributed by atoms with van der Waals surface area (Å²) in [6.07, 6.45) is 0.872. The SMILES string of the molecule is CCOC(=O)N1CCC(NS(=O)(=O)N2CCOCC2)CC1. The zero-order chi connectivity index (χ0) is 15.3. The molecule has 0 spiro atoms. The van der Waals surface area contributed by atoms with E-state index < -0.39 is 10.2 Å². The molecule has 1 amide bonds. The zero-order valence-electron chi connectivity index (χ0n) is 12.3. The van der Waals surface area contributed by atoms with E-state index in [1.165, 1.54) is 4.31 Å². The van der Waals surface area contributed by atoms with Crippen LogP contribution in [0.4, 0.5) is 4.79 Å². The Labute approximate surface area is 125 Å². The van der Waals surface area contributed by atoms with Gasteiger partial charge in [-0.1, -0.05) is 0 Å². The average Bonchev–Trinajstić information content (AvgIpc) is 2.49. The number of likely N-dealkylation sites (tertiary alicyclic amines) is 1. The van der Waals surface area contributed by atoms with Gasteiger partial charge < -0.3 is 14.4 Å². The second kappa shape index (κ2) is 7.39. The summed E-state index contributed by atoms with van der Waals surface area (Å²) in [7, 11) is -3.46. The van der Waals surface area contributed by atoms with Crippen molar-refractivity contribution in [1.82, 2.24) is 13.9 Å². The molecule has 9 heteroatoms. The van der Waals surface area contributed by atoms with Gasteiger partial charge in [-0.05, 0) is 19.8 Å². The lowest BCUT2D eigenvalue weighted by molar-refractivity contribution is 0.0718. The van der Waals surface area contributed by atoms with Crippen molar-refractivity contribution in [3.63, 3.8) is 0 Å². The summed E-state index contributed by atoms with van der Waals surface area (Å²) in [6, 6.07) is -0.136. The van der Waals surface area contributed by atoms with Gasteiger partial charge in [-0.2, -0.15) is 17.4 Å². The van der Waals surface area contributed by atoms with Crippen LogP contribution in [0.2, 0.25) is 0 Å². The van der Waals surface area contributed by atoms with Crippen LogP contribution in [0, 0.1) is 0 Å². The molecule has 8 nitrogen and oxygen atoms in total. The first-order valence-electron chi connectivity index (χ1n) is 7.30. The van der Waals surface area contributed by atoms with Crippen LogP contribution in [-0.2, 0) is 19.7 Å². The molecule has 2 saturated heterocycles. The highest BCUT2D eigenvalue weighted by molar-refractivity contribution is 7.87. The zero-order valence-corrected chi connectivity index (χ0v) is 13.1. The van der Waals surface area contributed by atoms with Gasteiger partial charge in [0.1, 0.15) is 0 Å². The van der Waals surface area contributed by atoms with Gasteiger partial charge in [-0.3, -0.25) is 0 Å². The lowest BCUT2D eigenvalue weighted by atomic mass is 10.1. The van der Waals surface area contributed by atoms with Gasteiger partial charge in [-0.15, -0.1) is 0 Å². The largest absolute Gasteiger partial charge is 0.450 e. The number of morpholine rings is 1. The van der Waals surface area contributed by atoms with Crippen molar-refractivity contribution in [2.75, 3.05) is 46.0 Å².